The second kappa shape index (κ2) is 3.58. The highest BCUT2D eigenvalue weighted by Gasteiger charge is 2.28. The first kappa shape index (κ1) is 10.4. The molecule has 0 fully saturated rings. The Hall–Kier alpha value is -1.70. The quantitative estimate of drug-likeness (QED) is 0.707. The Morgan fingerprint density at radius 3 is 2.43 bits per heavy atom. The normalized spacial score (nSPS) is 11.0. The Balaban J connectivity index is 2.97. The van der Waals surface area contributed by atoms with Crippen LogP contribution in [0.4, 0.5) is 18.9 Å². The van der Waals surface area contributed by atoms with Gasteiger partial charge in [0, 0.05) is 5.69 Å². The van der Waals surface area contributed by atoms with Crippen LogP contribution in [-0.2, 0) is 6.42 Å². The lowest BCUT2D eigenvalue weighted by atomic mass is 10.1. The molecule has 0 spiro atoms. The Kier molecular flexibility index (Phi) is 2.65. The highest BCUT2D eigenvalue weighted by atomic mass is 19.4. The van der Waals surface area contributed by atoms with Crippen LogP contribution in [0.15, 0.2) is 18.2 Å². The van der Waals surface area contributed by atoms with Crippen molar-refractivity contribution >= 4 is 5.69 Å². The van der Waals surface area contributed by atoms with Crippen molar-refractivity contribution in [2.24, 2.45) is 0 Å². The summed E-state index contributed by atoms with van der Waals surface area (Å²) in [7, 11) is 0. The molecule has 2 N–H and O–H groups in total. The molecule has 0 saturated heterocycles. The summed E-state index contributed by atoms with van der Waals surface area (Å²) in [5.41, 5.74) is 5.61. The van der Waals surface area contributed by atoms with Crippen LogP contribution in [0, 0.1) is 11.3 Å². The molecule has 1 aromatic carbocycles. The van der Waals surface area contributed by atoms with Crippen LogP contribution in [0.5, 0.6) is 0 Å². The standard InChI is InChI=1S/C9H7F3N2/c10-9(11,12)4-7-2-1-6(5-13)3-8(7)14/h1-3H,4,14H2. The molecule has 0 aliphatic rings. The van der Waals surface area contributed by atoms with Crippen molar-refractivity contribution in [2.75, 3.05) is 5.73 Å². The Morgan fingerprint density at radius 1 is 1.36 bits per heavy atom. The molecule has 2 nitrogen and oxygen atoms in total. The van der Waals surface area contributed by atoms with E-state index < -0.39 is 12.6 Å². The van der Waals surface area contributed by atoms with E-state index in [-0.39, 0.29) is 16.8 Å². The van der Waals surface area contributed by atoms with Gasteiger partial charge < -0.3 is 5.73 Å². The van der Waals surface area contributed by atoms with Crippen molar-refractivity contribution in [2.45, 2.75) is 12.6 Å². The van der Waals surface area contributed by atoms with Crippen LogP contribution in [0.25, 0.3) is 0 Å². The molecule has 0 amide bonds. The number of nitrogen functional groups attached to an aromatic ring is 1. The zero-order chi connectivity index (χ0) is 10.8. The first-order valence-corrected chi connectivity index (χ1v) is 3.77. The lowest BCUT2D eigenvalue weighted by Crippen LogP contribution is -2.13. The van der Waals surface area contributed by atoms with E-state index in [4.69, 9.17) is 11.0 Å². The number of nitrogens with zero attached hydrogens (tertiary/aromatic N) is 1. The molecule has 1 aromatic rings. The fourth-order valence-electron chi connectivity index (χ4n) is 1.04. The molecule has 5 heteroatoms. The van der Waals surface area contributed by atoms with Gasteiger partial charge >= 0.3 is 6.18 Å². The highest BCUT2D eigenvalue weighted by molar-refractivity contribution is 5.52. The minimum Gasteiger partial charge on any atom is -0.398 e. The smallest absolute Gasteiger partial charge is 0.393 e. The van der Waals surface area contributed by atoms with Crippen molar-refractivity contribution in [3.8, 4) is 6.07 Å². The lowest BCUT2D eigenvalue weighted by molar-refractivity contribution is -0.127. The zero-order valence-corrected chi connectivity index (χ0v) is 7.10. The average Bonchev–Trinajstić information content (AvgIpc) is 2.06. The summed E-state index contributed by atoms with van der Waals surface area (Å²) in [6.45, 7) is 0. The van der Waals surface area contributed by atoms with E-state index >= 15 is 0 Å². The molecule has 0 saturated carbocycles. The SMILES string of the molecule is N#Cc1ccc(CC(F)(F)F)c(N)c1. The Morgan fingerprint density at radius 2 is 2.00 bits per heavy atom. The number of anilines is 1. The molecule has 0 radical (unpaired) electrons. The van der Waals surface area contributed by atoms with Crippen molar-refractivity contribution in [3.63, 3.8) is 0 Å². The van der Waals surface area contributed by atoms with Gasteiger partial charge in [-0.3, -0.25) is 0 Å². The summed E-state index contributed by atoms with van der Waals surface area (Å²) in [6.07, 6.45) is -5.34. The van der Waals surface area contributed by atoms with E-state index in [1.807, 2.05) is 0 Å². The van der Waals surface area contributed by atoms with Crippen LogP contribution in [0.3, 0.4) is 0 Å². The summed E-state index contributed by atoms with van der Waals surface area (Å²) in [5, 5.41) is 8.46. The van der Waals surface area contributed by atoms with Gasteiger partial charge in [-0.2, -0.15) is 18.4 Å². The molecule has 0 aliphatic carbocycles. The number of nitrogens with two attached hydrogens (primary N) is 1. The molecule has 0 heterocycles. The van der Waals surface area contributed by atoms with Gasteiger partial charge in [-0.1, -0.05) is 6.07 Å². The predicted molar refractivity (Wildman–Crippen MR) is 45.3 cm³/mol. The summed E-state index contributed by atoms with van der Waals surface area (Å²) in [5.74, 6) is 0. The number of nitriles is 1. The fraction of sp³-hybridized carbons (Fsp3) is 0.222. The average molecular weight is 200 g/mol. The second-order valence-electron chi connectivity index (χ2n) is 2.82. The van der Waals surface area contributed by atoms with E-state index in [9.17, 15) is 13.2 Å². The number of hydrogen-bond donors (Lipinski definition) is 1. The highest BCUT2D eigenvalue weighted by Crippen LogP contribution is 2.25. The predicted octanol–water partition coefficient (Wildman–Crippen LogP) is 2.25. The van der Waals surface area contributed by atoms with Gasteiger partial charge in [0.25, 0.3) is 0 Å². The molecular weight excluding hydrogens is 193 g/mol. The molecular formula is C9H7F3N2. The van der Waals surface area contributed by atoms with Crippen LogP contribution >= 0.6 is 0 Å². The third-order valence-electron chi connectivity index (χ3n) is 1.67. The van der Waals surface area contributed by atoms with E-state index in [0.29, 0.717) is 0 Å². The maximum absolute atomic E-state index is 12.0. The largest absolute Gasteiger partial charge is 0.398 e. The summed E-state index contributed by atoms with van der Waals surface area (Å²) in [6, 6.07) is 5.57. The second-order valence-corrected chi connectivity index (χ2v) is 2.82. The van der Waals surface area contributed by atoms with Crippen LogP contribution in [0.1, 0.15) is 11.1 Å². The third-order valence-corrected chi connectivity index (χ3v) is 1.67. The van der Waals surface area contributed by atoms with Gasteiger partial charge in [0.05, 0.1) is 18.1 Å². The zero-order valence-electron chi connectivity index (χ0n) is 7.10. The monoisotopic (exact) mass is 200 g/mol. The van der Waals surface area contributed by atoms with Gasteiger partial charge in [-0.05, 0) is 17.7 Å². The van der Waals surface area contributed by atoms with Gasteiger partial charge in [0.15, 0.2) is 0 Å². The molecule has 1 rings (SSSR count). The summed E-state index contributed by atoms with van der Waals surface area (Å²) >= 11 is 0. The topological polar surface area (TPSA) is 49.8 Å². The van der Waals surface area contributed by atoms with Crippen molar-refractivity contribution < 1.29 is 13.2 Å². The minimum absolute atomic E-state index is 0.00127. The van der Waals surface area contributed by atoms with Crippen molar-refractivity contribution in [3.05, 3.63) is 29.3 Å². The number of halogens is 3. The van der Waals surface area contributed by atoms with E-state index in [2.05, 4.69) is 0 Å². The van der Waals surface area contributed by atoms with Crippen molar-refractivity contribution in [1.82, 2.24) is 0 Å². The molecule has 74 valence electrons. The fourth-order valence-corrected chi connectivity index (χ4v) is 1.04. The Labute approximate surface area is 78.8 Å². The van der Waals surface area contributed by atoms with E-state index in [0.717, 1.165) is 0 Å². The number of benzene rings is 1. The third kappa shape index (κ3) is 2.66. The van der Waals surface area contributed by atoms with Gasteiger partial charge in [-0.15, -0.1) is 0 Å². The van der Waals surface area contributed by atoms with Gasteiger partial charge in [0.2, 0.25) is 0 Å². The molecule has 0 aliphatic heterocycles. The molecule has 14 heavy (non-hydrogen) atoms. The molecule has 0 bridgehead atoms. The van der Waals surface area contributed by atoms with Gasteiger partial charge in [-0.25, -0.2) is 0 Å². The van der Waals surface area contributed by atoms with Crippen LogP contribution in [-0.4, -0.2) is 6.18 Å². The molecule has 0 aromatic heterocycles. The van der Waals surface area contributed by atoms with E-state index in [1.54, 1.807) is 6.07 Å². The maximum atomic E-state index is 12.0. The number of hydrogen-bond acceptors (Lipinski definition) is 2. The van der Waals surface area contributed by atoms with Crippen molar-refractivity contribution in [1.29, 1.82) is 5.26 Å². The first-order chi connectivity index (χ1) is 6.42. The van der Waals surface area contributed by atoms with Crippen LogP contribution < -0.4 is 5.73 Å². The molecule has 0 atom stereocenters. The lowest BCUT2D eigenvalue weighted by Gasteiger charge is -2.08. The minimum atomic E-state index is -4.28. The van der Waals surface area contributed by atoms with Crippen LogP contribution in [0.2, 0.25) is 0 Å². The van der Waals surface area contributed by atoms with E-state index in [1.165, 1.54) is 18.2 Å². The molecule has 0 unspecified atom stereocenters. The number of alkyl halides is 3. The van der Waals surface area contributed by atoms with Gasteiger partial charge in [0.1, 0.15) is 0 Å². The summed E-state index contributed by atoms with van der Waals surface area (Å²) in [4.78, 5) is 0. The maximum Gasteiger partial charge on any atom is 0.393 e. The Bertz CT molecular complexity index is 377. The summed E-state index contributed by atoms with van der Waals surface area (Å²) < 4.78 is 35.9. The first-order valence-electron chi connectivity index (χ1n) is 3.77. The number of rotatable bonds is 1.